The van der Waals surface area contributed by atoms with Crippen LogP contribution in [-0.4, -0.2) is 57.9 Å². The predicted octanol–water partition coefficient (Wildman–Crippen LogP) is 3.14. The molecule has 5 aliphatic rings. The largest absolute Gasteiger partial charge is 0.504 e. The number of phenolic OH excluding ortho intramolecular Hbond substituents is 1. The van der Waals surface area contributed by atoms with Crippen LogP contribution in [0.1, 0.15) is 55.2 Å². The van der Waals surface area contributed by atoms with Crippen molar-refractivity contribution in [2.45, 2.75) is 80.6 Å². The molecule has 3 fully saturated rings. The standard InChI is InChI=1S/C27H32N2O4S/c30-20-5-4-18-13-21-27(32)9-7-19(28-22(31)6-3-17-8-12-34-15-17)25-26(27,23(18)24(20)33-25)10-11-29(21)14-16-1-2-16/h4-5,8,12,15-16,19,21,25,30,32H,1-3,6-7,9-11,13-14H2,(H,28,31)/t19-,21-,25+,26+,27-/m1/s1. The molecule has 1 spiro atoms. The highest BCUT2D eigenvalue weighted by Gasteiger charge is 2.73. The molecule has 7 heteroatoms. The summed E-state index contributed by atoms with van der Waals surface area (Å²) < 4.78 is 6.53. The first-order chi connectivity index (χ1) is 16.5. The Morgan fingerprint density at radius 3 is 2.91 bits per heavy atom. The van der Waals surface area contributed by atoms with Gasteiger partial charge in [-0.3, -0.25) is 9.69 Å². The van der Waals surface area contributed by atoms with Crippen LogP contribution in [0, 0.1) is 5.92 Å². The Hall–Kier alpha value is -2.09. The van der Waals surface area contributed by atoms with Gasteiger partial charge in [-0.2, -0.15) is 11.3 Å². The molecule has 1 saturated heterocycles. The summed E-state index contributed by atoms with van der Waals surface area (Å²) in [4.78, 5) is 15.5. The van der Waals surface area contributed by atoms with Crippen molar-refractivity contribution in [2.24, 2.45) is 5.92 Å². The molecule has 2 aliphatic heterocycles. The number of phenols is 1. The van der Waals surface area contributed by atoms with Crippen LogP contribution in [0.2, 0.25) is 0 Å². The quantitative estimate of drug-likeness (QED) is 0.592. The summed E-state index contributed by atoms with van der Waals surface area (Å²) in [7, 11) is 0. The number of ether oxygens (including phenoxy) is 1. The number of hydrogen-bond donors (Lipinski definition) is 3. The van der Waals surface area contributed by atoms with Crippen molar-refractivity contribution in [3.8, 4) is 11.5 Å². The number of thiophene rings is 1. The number of nitrogens with one attached hydrogen (secondary N) is 1. The third kappa shape index (κ3) is 2.90. The van der Waals surface area contributed by atoms with Crippen molar-refractivity contribution in [2.75, 3.05) is 13.1 Å². The van der Waals surface area contributed by atoms with E-state index in [0.717, 1.165) is 43.8 Å². The molecule has 3 aliphatic carbocycles. The number of benzene rings is 1. The second kappa shape index (κ2) is 7.45. The van der Waals surface area contributed by atoms with Crippen LogP contribution in [-0.2, 0) is 23.1 Å². The fourth-order valence-electron chi connectivity index (χ4n) is 7.60. The average molecular weight is 481 g/mol. The summed E-state index contributed by atoms with van der Waals surface area (Å²) in [5.41, 5.74) is 1.90. The lowest BCUT2D eigenvalue weighted by Crippen LogP contribution is -2.78. The van der Waals surface area contributed by atoms with Gasteiger partial charge < -0.3 is 20.3 Å². The number of rotatable bonds is 6. The lowest BCUT2D eigenvalue weighted by Gasteiger charge is -2.64. The number of likely N-dealkylation sites (tertiary alicyclic amines) is 1. The maximum Gasteiger partial charge on any atom is 0.220 e. The third-order valence-electron chi connectivity index (χ3n) is 9.33. The Kier molecular flexibility index (Phi) is 4.65. The van der Waals surface area contributed by atoms with E-state index in [-0.39, 0.29) is 29.8 Å². The normalized spacial score (nSPS) is 35.5. The smallest absolute Gasteiger partial charge is 0.220 e. The van der Waals surface area contributed by atoms with Gasteiger partial charge in [0.25, 0.3) is 0 Å². The Labute approximate surface area is 203 Å². The molecule has 1 amide bonds. The van der Waals surface area contributed by atoms with E-state index in [1.54, 1.807) is 17.4 Å². The topological polar surface area (TPSA) is 82.0 Å². The molecule has 2 aromatic rings. The second-order valence-corrected chi connectivity index (χ2v) is 11.9. The summed E-state index contributed by atoms with van der Waals surface area (Å²) in [6.07, 6.45) is 6.32. The zero-order chi connectivity index (χ0) is 23.1. The van der Waals surface area contributed by atoms with Crippen LogP contribution in [0.25, 0.3) is 0 Å². The molecule has 5 atom stereocenters. The number of hydrogen-bond acceptors (Lipinski definition) is 6. The zero-order valence-corrected chi connectivity index (χ0v) is 20.2. The van der Waals surface area contributed by atoms with Gasteiger partial charge in [0.15, 0.2) is 11.5 Å². The number of aromatic hydroxyl groups is 1. The lowest BCUT2D eigenvalue weighted by atomic mass is 9.48. The van der Waals surface area contributed by atoms with Gasteiger partial charge in [-0.25, -0.2) is 0 Å². The summed E-state index contributed by atoms with van der Waals surface area (Å²) >= 11 is 1.65. The lowest BCUT2D eigenvalue weighted by molar-refractivity contribution is -0.192. The molecule has 0 unspecified atom stereocenters. The summed E-state index contributed by atoms with van der Waals surface area (Å²) in [5.74, 6) is 1.48. The number of amides is 1. The Balaban J connectivity index is 1.22. The fourth-order valence-corrected chi connectivity index (χ4v) is 8.30. The van der Waals surface area contributed by atoms with Crippen molar-refractivity contribution in [1.29, 1.82) is 0 Å². The van der Waals surface area contributed by atoms with Gasteiger partial charge >= 0.3 is 0 Å². The number of nitrogens with zero attached hydrogens (tertiary/aromatic N) is 1. The van der Waals surface area contributed by atoms with E-state index >= 15 is 0 Å². The molecule has 2 bridgehead atoms. The minimum Gasteiger partial charge on any atom is -0.504 e. The van der Waals surface area contributed by atoms with E-state index in [9.17, 15) is 15.0 Å². The van der Waals surface area contributed by atoms with Gasteiger partial charge in [0.1, 0.15) is 6.10 Å². The van der Waals surface area contributed by atoms with E-state index in [4.69, 9.17) is 4.74 Å². The van der Waals surface area contributed by atoms with E-state index < -0.39 is 11.0 Å². The molecule has 1 aromatic carbocycles. The predicted molar refractivity (Wildman–Crippen MR) is 129 cm³/mol. The number of carbonyl (C=O) groups is 1. The Morgan fingerprint density at radius 2 is 2.12 bits per heavy atom. The number of carbonyl (C=O) groups excluding carboxylic acids is 1. The fraction of sp³-hybridized carbons (Fsp3) is 0.593. The van der Waals surface area contributed by atoms with E-state index in [0.29, 0.717) is 25.0 Å². The third-order valence-corrected chi connectivity index (χ3v) is 10.1. The van der Waals surface area contributed by atoms with Crippen LogP contribution in [0.15, 0.2) is 29.0 Å². The van der Waals surface area contributed by atoms with Crippen LogP contribution >= 0.6 is 11.3 Å². The van der Waals surface area contributed by atoms with Gasteiger partial charge in [-0.1, -0.05) is 6.07 Å². The van der Waals surface area contributed by atoms with E-state index in [1.807, 2.05) is 11.4 Å². The van der Waals surface area contributed by atoms with Crippen molar-refractivity contribution in [1.82, 2.24) is 10.2 Å². The first-order valence-electron chi connectivity index (χ1n) is 12.8. The maximum atomic E-state index is 12.9. The SMILES string of the molecule is O=C(CCc1ccsc1)N[C@@H]1CC[C@@]2(O)[C@H]3Cc4ccc(O)c5c4[C@@]2(CCN3CC2CC2)[C@H]1O5. The average Bonchev–Trinajstić information content (AvgIpc) is 3.33. The van der Waals surface area contributed by atoms with Crippen molar-refractivity contribution < 1.29 is 19.7 Å². The van der Waals surface area contributed by atoms with Crippen LogP contribution in [0.4, 0.5) is 0 Å². The molecule has 3 heterocycles. The van der Waals surface area contributed by atoms with E-state index in [2.05, 4.69) is 21.7 Å². The zero-order valence-electron chi connectivity index (χ0n) is 19.3. The number of piperidine rings is 1. The molecule has 0 radical (unpaired) electrons. The van der Waals surface area contributed by atoms with Gasteiger partial charge in [0.2, 0.25) is 5.91 Å². The molecular formula is C27H32N2O4S. The second-order valence-electron chi connectivity index (χ2n) is 11.1. The molecular weight excluding hydrogens is 448 g/mol. The minimum atomic E-state index is -0.908. The number of aliphatic hydroxyl groups is 1. The van der Waals surface area contributed by atoms with Gasteiger partial charge in [0.05, 0.1) is 17.1 Å². The maximum absolute atomic E-state index is 12.9. The van der Waals surface area contributed by atoms with Crippen LogP contribution in [0.3, 0.4) is 0 Å². The van der Waals surface area contributed by atoms with Crippen molar-refractivity contribution in [3.63, 3.8) is 0 Å². The molecule has 180 valence electrons. The minimum absolute atomic E-state index is 0.0283. The number of aryl methyl sites for hydroxylation is 1. The first-order valence-corrected chi connectivity index (χ1v) is 13.7. The molecule has 1 aromatic heterocycles. The summed E-state index contributed by atoms with van der Waals surface area (Å²) in [6, 6.07) is 5.71. The van der Waals surface area contributed by atoms with Gasteiger partial charge in [-0.15, -0.1) is 0 Å². The van der Waals surface area contributed by atoms with Crippen LogP contribution in [0.5, 0.6) is 11.5 Å². The Morgan fingerprint density at radius 1 is 1.24 bits per heavy atom. The molecule has 3 N–H and O–H groups in total. The monoisotopic (exact) mass is 480 g/mol. The van der Waals surface area contributed by atoms with Gasteiger partial charge in [0, 0.05) is 24.6 Å². The molecule has 34 heavy (non-hydrogen) atoms. The summed E-state index contributed by atoms with van der Waals surface area (Å²) in [5, 5.41) is 30.6. The van der Waals surface area contributed by atoms with Crippen molar-refractivity contribution in [3.05, 3.63) is 45.6 Å². The highest BCUT2D eigenvalue weighted by molar-refractivity contribution is 7.07. The summed E-state index contributed by atoms with van der Waals surface area (Å²) in [6.45, 7) is 1.99. The molecule has 7 rings (SSSR count). The highest BCUT2D eigenvalue weighted by atomic mass is 32.1. The molecule has 2 saturated carbocycles. The Bertz CT molecular complexity index is 1130. The van der Waals surface area contributed by atoms with Crippen molar-refractivity contribution >= 4 is 17.2 Å². The van der Waals surface area contributed by atoms with Gasteiger partial charge in [-0.05, 0) is 91.4 Å². The molecule has 6 nitrogen and oxygen atoms in total. The first kappa shape index (κ1) is 21.2. The highest BCUT2D eigenvalue weighted by Crippen LogP contribution is 2.65. The van der Waals surface area contributed by atoms with E-state index in [1.165, 1.54) is 24.0 Å². The van der Waals surface area contributed by atoms with Crippen LogP contribution < -0.4 is 10.1 Å².